The fourth-order valence-electron chi connectivity index (χ4n) is 3.48. The highest BCUT2D eigenvalue weighted by atomic mass is 16.5. The number of hydrogen-bond acceptors (Lipinski definition) is 4. The van der Waals surface area contributed by atoms with E-state index in [0.717, 1.165) is 56.4 Å². The van der Waals surface area contributed by atoms with Gasteiger partial charge in [0.25, 0.3) is 0 Å². The normalized spacial score (nSPS) is 18.3. The van der Waals surface area contributed by atoms with Gasteiger partial charge in [0.15, 0.2) is 5.96 Å². The first-order valence-corrected chi connectivity index (χ1v) is 10.0. The van der Waals surface area contributed by atoms with E-state index in [1.54, 1.807) is 13.4 Å². The number of likely N-dealkylation sites (tertiary alicyclic amines) is 1. The van der Waals surface area contributed by atoms with Gasteiger partial charge in [-0.25, -0.2) is 0 Å². The van der Waals surface area contributed by atoms with Gasteiger partial charge in [0.05, 0.1) is 19.5 Å². The fourth-order valence-corrected chi connectivity index (χ4v) is 3.48. The summed E-state index contributed by atoms with van der Waals surface area (Å²) in [7, 11) is 1.68. The summed E-state index contributed by atoms with van der Waals surface area (Å²) in [5.41, 5.74) is 1.26. The molecule has 2 N–H and O–H groups in total. The maximum absolute atomic E-state index is 9.91. The summed E-state index contributed by atoms with van der Waals surface area (Å²) in [4.78, 5) is 7.06. The predicted molar refractivity (Wildman–Crippen MR) is 111 cm³/mol. The molecular formula is C22H31N3O3. The Morgan fingerprint density at radius 1 is 1.32 bits per heavy atom. The van der Waals surface area contributed by atoms with Crippen LogP contribution in [0.4, 0.5) is 0 Å². The average Bonchev–Trinajstić information content (AvgIpc) is 3.39. The number of ether oxygens (including phenoxy) is 1. The Hall–Kier alpha value is -2.47. The van der Waals surface area contributed by atoms with E-state index in [0.29, 0.717) is 12.5 Å². The van der Waals surface area contributed by atoms with Crippen molar-refractivity contribution in [2.75, 3.05) is 33.3 Å². The summed E-state index contributed by atoms with van der Waals surface area (Å²) < 4.78 is 10.6. The van der Waals surface area contributed by atoms with Gasteiger partial charge in [-0.2, -0.15) is 0 Å². The van der Waals surface area contributed by atoms with E-state index < -0.39 is 0 Å². The zero-order valence-corrected chi connectivity index (χ0v) is 16.8. The molecule has 0 spiro atoms. The van der Waals surface area contributed by atoms with E-state index >= 15 is 0 Å². The summed E-state index contributed by atoms with van der Waals surface area (Å²) in [6.07, 6.45) is 4.10. The third kappa shape index (κ3) is 5.76. The molecule has 1 fully saturated rings. The standard InChI is InChI=1S/C22H31N3O3/c1-17(26)19-11-14-25(16-19)22(24-13-10-21-4-3-15-28-21)23-12-9-18-5-7-20(27-2)8-6-18/h3-8,15,17,19,26H,9-14,16H2,1-2H3,(H,23,24). The maximum atomic E-state index is 9.91. The Kier molecular flexibility index (Phi) is 7.37. The highest BCUT2D eigenvalue weighted by Gasteiger charge is 2.27. The SMILES string of the molecule is COc1ccc(CCNC(=NCCc2ccco2)N2CCC(C(C)O)C2)cc1. The van der Waals surface area contributed by atoms with Crippen LogP contribution in [0.5, 0.6) is 5.75 Å². The van der Waals surface area contributed by atoms with Gasteiger partial charge < -0.3 is 24.5 Å². The van der Waals surface area contributed by atoms with Crippen molar-refractivity contribution in [2.45, 2.75) is 32.3 Å². The van der Waals surface area contributed by atoms with E-state index in [-0.39, 0.29) is 6.10 Å². The number of aliphatic hydroxyl groups is 1. The molecule has 0 amide bonds. The summed E-state index contributed by atoms with van der Waals surface area (Å²) in [6.45, 7) is 5.12. The molecule has 0 bridgehead atoms. The van der Waals surface area contributed by atoms with Crippen LogP contribution in [0.3, 0.4) is 0 Å². The van der Waals surface area contributed by atoms with Gasteiger partial charge in [-0.15, -0.1) is 0 Å². The monoisotopic (exact) mass is 385 g/mol. The van der Waals surface area contributed by atoms with Crippen LogP contribution in [-0.4, -0.2) is 55.4 Å². The Labute approximate surface area is 167 Å². The van der Waals surface area contributed by atoms with Crippen LogP contribution in [-0.2, 0) is 12.8 Å². The summed E-state index contributed by atoms with van der Waals surface area (Å²) in [5.74, 6) is 3.05. The molecule has 2 heterocycles. The van der Waals surface area contributed by atoms with Crippen LogP contribution in [0.15, 0.2) is 52.1 Å². The molecule has 1 saturated heterocycles. The quantitative estimate of drug-likeness (QED) is 0.540. The molecule has 28 heavy (non-hydrogen) atoms. The van der Waals surface area contributed by atoms with Gasteiger partial charge >= 0.3 is 0 Å². The Morgan fingerprint density at radius 3 is 2.79 bits per heavy atom. The van der Waals surface area contributed by atoms with E-state index in [4.69, 9.17) is 14.1 Å². The number of aliphatic hydroxyl groups excluding tert-OH is 1. The molecule has 0 aliphatic carbocycles. The van der Waals surface area contributed by atoms with Crippen LogP contribution in [0, 0.1) is 5.92 Å². The van der Waals surface area contributed by atoms with Gasteiger partial charge in [0.2, 0.25) is 0 Å². The average molecular weight is 386 g/mol. The van der Waals surface area contributed by atoms with Crippen molar-refractivity contribution in [1.82, 2.24) is 10.2 Å². The van der Waals surface area contributed by atoms with Gasteiger partial charge in [-0.05, 0) is 49.6 Å². The Morgan fingerprint density at radius 2 is 2.14 bits per heavy atom. The van der Waals surface area contributed by atoms with Crippen LogP contribution >= 0.6 is 0 Å². The van der Waals surface area contributed by atoms with E-state index in [9.17, 15) is 5.11 Å². The summed E-state index contributed by atoms with van der Waals surface area (Å²) >= 11 is 0. The minimum atomic E-state index is -0.284. The number of hydrogen-bond donors (Lipinski definition) is 2. The van der Waals surface area contributed by atoms with Crippen LogP contribution in [0.25, 0.3) is 0 Å². The van der Waals surface area contributed by atoms with Crippen LogP contribution in [0.1, 0.15) is 24.7 Å². The summed E-state index contributed by atoms with van der Waals surface area (Å²) in [6, 6.07) is 12.0. The molecule has 1 aromatic heterocycles. The second kappa shape index (κ2) is 10.2. The molecule has 0 radical (unpaired) electrons. The smallest absolute Gasteiger partial charge is 0.193 e. The van der Waals surface area contributed by atoms with Crippen molar-refractivity contribution < 1.29 is 14.3 Å². The van der Waals surface area contributed by atoms with Crippen molar-refractivity contribution in [3.05, 3.63) is 54.0 Å². The zero-order chi connectivity index (χ0) is 19.8. The maximum Gasteiger partial charge on any atom is 0.193 e. The molecule has 1 aliphatic rings. The highest BCUT2D eigenvalue weighted by Crippen LogP contribution is 2.19. The molecular weight excluding hydrogens is 354 g/mol. The van der Waals surface area contributed by atoms with Crippen molar-refractivity contribution in [3.63, 3.8) is 0 Å². The molecule has 2 atom stereocenters. The molecule has 152 valence electrons. The number of guanidine groups is 1. The Bertz CT molecular complexity index is 726. The Balaban J connectivity index is 1.56. The molecule has 6 nitrogen and oxygen atoms in total. The lowest BCUT2D eigenvalue weighted by atomic mass is 10.0. The minimum Gasteiger partial charge on any atom is -0.497 e. The van der Waals surface area contributed by atoms with Crippen molar-refractivity contribution >= 4 is 5.96 Å². The highest BCUT2D eigenvalue weighted by molar-refractivity contribution is 5.80. The first kappa shape index (κ1) is 20.3. The first-order valence-electron chi connectivity index (χ1n) is 10.0. The first-order chi connectivity index (χ1) is 13.7. The molecule has 0 saturated carbocycles. The van der Waals surface area contributed by atoms with Crippen molar-refractivity contribution in [3.8, 4) is 5.75 Å². The number of nitrogens with one attached hydrogen (secondary N) is 1. The van der Waals surface area contributed by atoms with Gasteiger partial charge in [0, 0.05) is 38.5 Å². The molecule has 6 heteroatoms. The number of benzene rings is 1. The fraction of sp³-hybridized carbons (Fsp3) is 0.500. The second-order valence-corrected chi connectivity index (χ2v) is 7.29. The van der Waals surface area contributed by atoms with E-state index in [2.05, 4.69) is 22.3 Å². The largest absolute Gasteiger partial charge is 0.497 e. The minimum absolute atomic E-state index is 0.284. The molecule has 2 unspecified atom stereocenters. The topological polar surface area (TPSA) is 70.2 Å². The predicted octanol–water partition coefficient (Wildman–Crippen LogP) is 2.72. The number of aliphatic imine (C=N–C) groups is 1. The lowest BCUT2D eigenvalue weighted by Gasteiger charge is -2.23. The van der Waals surface area contributed by atoms with E-state index in [1.165, 1.54) is 5.56 Å². The third-order valence-corrected chi connectivity index (χ3v) is 5.26. The van der Waals surface area contributed by atoms with Crippen LogP contribution < -0.4 is 10.1 Å². The number of nitrogens with zero attached hydrogens (tertiary/aromatic N) is 2. The summed E-state index contributed by atoms with van der Waals surface area (Å²) in [5, 5.41) is 13.4. The van der Waals surface area contributed by atoms with Gasteiger partial charge in [-0.1, -0.05) is 12.1 Å². The number of methoxy groups -OCH3 is 1. The van der Waals surface area contributed by atoms with Crippen molar-refractivity contribution in [1.29, 1.82) is 0 Å². The molecule has 1 aliphatic heterocycles. The van der Waals surface area contributed by atoms with Gasteiger partial charge in [-0.3, -0.25) is 4.99 Å². The van der Waals surface area contributed by atoms with Gasteiger partial charge in [0.1, 0.15) is 11.5 Å². The van der Waals surface area contributed by atoms with E-state index in [1.807, 2.05) is 31.2 Å². The third-order valence-electron chi connectivity index (χ3n) is 5.26. The number of rotatable bonds is 8. The number of furan rings is 1. The molecule has 1 aromatic carbocycles. The lowest BCUT2D eigenvalue weighted by molar-refractivity contribution is 0.132. The molecule has 2 aromatic rings. The molecule has 3 rings (SSSR count). The van der Waals surface area contributed by atoms with Crippen molar-refractivity contribution in [2.24, 2.45) is 10.9 Å². The lowest BCUT2D eigenvalue weighted by Crippen LogP contribution is -2.41. The second-order valence-electron chi connectivity index (χ2n) is 7.29. The zero-order valence-electron chi connectivity index (χ0n) is 16.8. The van der Waals surface area contributed by atoms with Crippen LogP contribution in [0.2, 0.25) is 0 Å².